The van der Waals surface area contributed by atoms with Crippen LogP contribution in [0.15, 0.2) is 12.5 Å². The van der Waals surface area contributed by atoms with Gasteiger partial charge in [0.2, 0.25) is 0 Å². The molecule has 0 fully saturated rings. The largest absolute Gasteiger partial charge is 0.348 e. The zero-order valence-corrected chi connectivity index (χ0v) is 9.45. The maximum atomic E-state index is 4.05. The van der Waals surface area contributed by atoms with Crippen LogP contribution in [0.25, 0.3) is 0 Å². The summed E-state index contributed by atoms with van der Waals surface area (Å²) in [6.07, 6.45) is 5.95. The van der Waals surface area contributed by atoms with Gasteiger partial charge in [-0.2, -0.15) is 0 Å². The molecule has 3 heteroatoms. The van der Waals surface area contributed by atoms with E-state index in [1.54, 1.807) is 6.33 Å². The lowest BCUT2D eigenvalue weighted by Gasteiger charge is -2.28. The molecule has 1 unspecified atom stereocenters. The van der Waals surface area contributed by atoms with E-state index in [4.69, 9.17) is 0 Å². The highest BCUT2D eigenvalue weighted by Crippen LogP contribution is 2.09. The van der Waals surface area contributed by atoms with Gasteiger partial charge in [-0.3, -0.25) is 0 Å². The smallest absolute Gasteiger partial charge is 0.0921 e. The number of nitrogens with one attached hydrogen (secondary N) is 1. The summed E-state index contributed by atoms with van der Waals surface area (Å²) in [4.78, 5) is 9.71. The average molecular weight is 195 g/mol. The first-order valence-corrected chi connectivity index (χ1v) is 5.53. The Balaban J connectivity index is 2.53. The highest BCUT2D eigenvalue weighted by Gasteiger charge is 2.14. The molecule has 1 aromatic heterocycles. The zero-order valence-electron chi connectivity index (χ0n) is 9.45. The van der Waals surface area contributed by atoms with Crippen LogP contribution in [0.1, 0.15) is 32.9 Å². The van der Waals surface area contributed by atoms with Crippen LogP contribution in [-0.2, 0) is 6.42 Å². The van der Waals surface area contributed by atoms with Crippen molar-refractivity contribution in [3.05, 3.63) is 18.2 Å². The zero-order chi connectivity index (χ0) is 10.4. The molecule has 1 atom stereocenters. The maximum Gasteiger partial charge on any atom is 0.0921 e. The first-order chi connectivity index (χ1) is 6.81. The lowest BCUT2D eigenvalue weighted by molar-refractivity contribution is 0.209. The normalized spacial score (nSPS) is 13.4. The van der Waals surface area contributed by atoms with E-state index in [0.717, 1.165) is 19.5 Å². The first kappa shape index (κ1) is 11.2. The first-order valence-electron chi connectivity index (χ1n) is 5.53. The van der Waals surface area contributed by atoms with Gasteiger partial charge in [0.15, 0.2) is 0 Å². The van der Waals surface area contributed by atoms with Gasteiger partial charge in [-0.1, -0.05) is 20.8 Å². The Bertz CT molecular complexity index is 227. The molecule has 0 saturated carbocycles. The molecule has 0 aromatic carbocycles. The number of likely N-dealkylation sites (N-methyl/N-ethyl adjacent to an activating group) is 1. The van der Waals surface area contributed by atoms with E-state index in [1.807, 2.05) is 6.20 Å². The summed E-state index contributed by atoms with van der Waals surface area (Å²) in [5.41, 5.74) is 1.24. The molecule has 1 heterocycles. The van der Waals surface area contributed by atoms with Gasteiger partial charge in [-0.15, -0.1) is 0 Å². The minimum atomic E-state index is 0.644. The van der Waals surface area contributed by atoms with Crippen LogP contribution in [0.3, 0.4) is 0 Å². The van der Waals surface area contributed by atoms with Crippen molar-refractivity contribution in [2.75, 3.05) is 13.1 Å². The maximum absolute atomic E-state index is 4.05. The Kier molecular flexibility index (Phi) is 4.66. The van der Waals surface area contributed by atoms with E-state index in [-0.39, 0.29) is 0 Å². The van der Waals surface area contributed by atoms with Gasteiger partial charge >= 0.3 is 0 Å². The topological polar surface area (TPSA) is 31.9 Å². The quantitative estimate of drug-likeness (QED) is 0.753. The van der Waals surface area contributed by atoms with E-state index >= 15 is 0 Å². The summed E-state index contributed by atoms with van der Waals surface area (Å²) in [7, 11) is 0. The molecule has 0 bridgehead atoms. The standard InChI is InChI=1S/C11H21N3/c1-4-11(14(5-2)6-3)7-10-8-12-9-13-10/h8-9,11H,4-7H2,1-3H3,(H,12,13). The average Bonchev–Trinajstić information content (AvgIpc) is 2.70. The Morgan fingerprint density at radius 2 is 2.07 bits per heavy atom. The van der Waals surface area contributed by atoms with Crippen LogP contribution < -0.4 is 0 Å². The molecule has 80 valence electrons. The molecule has 0 saturated heterocycles. The summed E-state index contributed by atoms with van der Waals surface area (Å²) in [6.45, 7) is 8.95. The number of H-pyrrole nitrogens is 1. The van der Waals surface area contributed by atoms with Crippen molar-refractivity contribution >= 4 is 0 Å². The molecule has 0 aliphatic carbocycles. The Hall–Kier alpha value is -0.830. The van der Waals surface area contributed by atoms with Crippen molar-refractivity contribution in [3.63, 3.8) is 0 Å². The number of aromatic amines is 1. The van der Waals surface area contributed by atoms with E-state index in [9.17, 15) is 0 Å². The molecular weight excluding hydrogens is 174 g/mol. The highest BCUT2D eigenvalue weighted by molar-refractivity contribution is 4.97. The van der Waals surface area contributed by atoms with Gasteiger partial charge in [-0.25, -0.2) is 4.98 Å². The Labute approximate surface area is 86.5 Å². The monoisotopic (exact) mass is 195 g/mol. The lowest BCUT2D eigenvalue weighted by atomic mass is 10.1. The Morgan fingerprint density at radius 1 is 1.36 bits per heavy atom. The fourth-order valence-electron chi connectivity index (χ4n) is 1.92. The lowest BCUT2D eigenvalue weighted by Crippen LogP contribution is -2.36. The molecule has 1 N–H and O–H groups in total. The summed E-state index contributed by atoms with van der Waals surface area (Å²) >= 11 is 0. The summed E-state index contributed by atoms with van der Waals surface area (Å²) < 4.78 is 0. The van der Waals surface area contributed by atoms with Gasteiger partial charge in [0.1, 0.15) is 0 Å². The van der Waals surface area contributed by atoms with Gasteiger partial charge < -0.3 is 9.88 Å². The predicted octanol–water partition coefficient (Wildman–Crippen LogP) is 2.07. The van der Waals surface area contributed by atoms with Crippen molar-refractivity contribution in [3.8, 4) is 0 Å². The number of nitrogens with zero attached hydrogens (tertiary/aromatic N) is 2. The molecule has 1 aromatic rings. The third kappa shape index (κ3) is 2.84. The fraction of sp³-hybridized carbons (Fsp3) is 0.727. The molecule has 0 amide bonds. The third-order valence-electron chi connectivity index (χ3n) is 2.81. The van der Waals surface area contributed by atoms with Gasteiger partial charge in [-0.05, 0) is 19.5 Å². The molecule has 0 radical (unpaired) electrons. The van der Waals surface area contributed by atoms with E-state index < -0.39 is 0 Å². The second-order valence-electron chi connectivity index (χ2n) is 3.56. The highest BCUT2D eigenvalue weighted by atomic mass is 15.1. The number of hydrogen-bond donors (Lipinski definition) is 1. The molecule has 0 aliphatic heterocycles. The third-order valence-corrected chi connectivity index (χ3v) is 2.81. The van der Waals surface area contributed by atoms with Crippen LogP contribution in [0, 0.1) is 0 Å². The van der Waals surface area contributed by atoms with E-state index in [2.05, 4.69) is 35.6 Å². The second-order valence-corrected chi connectivity index (χ2v) is 3.56. The van der Waals surface area contributed by atoms with E-state index in [0.29, 0.717) is 6.04 Å². The summed E-state index contributed by atoms with van der Waals surface area (Å²) in [6, 6.07) is 0.644. The molecule has 1 rings (SSSR count). The van der Waals surface area contributed by atoms with Crippen LogP contribution in [0.5, 0.6) is 0 Å². The van der Waals surface area contributed by atoms with Crippen LogP contribution in [0.2, 0.25) is 0 Å². The predicted molar refractivity (Wildman–Crippen MR) is 59.3 cm³/mol. The van der Waals surface area contributed by atoms with Crippen LogP contribution in [-0.4, -0.2) is 34.0 Å². The SMILES string of the molecule is CCC(Cc1cnc[nH]1)N(CC)CC. The van der Waals surface area contributed by atoms with E-state index in [1.165, 1.54) is 12.1 Å². The van der Waals surface area contributed by atoms with Crippen LogP contribution >= 0.6 is 0 Å². The molecule has 0 aliphatic rings. The number of aromatic nitrogens is 2. The number of imidazole rings is 1. The van der Waals surface area contributed by atoms with Crippen molar-refractivity contribution in [1.29, 1.82) is 0 Å². The van der Waals surface area contributed by atoms with Crippen LogP contribution in [0.4, 0.5) is 0 Å². The minimum absolute atomic E-state index is 0.644. The molecule has 14 heavy (non-hydrogen) atoms. The molecular formula is C11H21N3. The van der Waals surface area contributed by atoms with Crippen molar-refractivity contribution < 1.29 is 0 Å². The van der Waals surface area contributed by atoms with Crippen molar-refractivity contribution in [2.24, 2.45) is 0 Å². The van der Waals surface area contributed by atoms with Crippen molar-refractivity contribution in [1.82, 2.24) is 14.9 Å². The minimum Gasteiger partial charge on any atom is -0.348 e. The van der Waals surface area contributed by atoms with Crippen molar-refractivity contribution in [2.45, 2.75) is 39.7 Å². The Morgan fingerprint density at radius 3 is 2.50 bits per heavy atom. The van der Waals surface area contributed by atoms with Gasteiger partial charge in [0.25, 0.3) is 0 Å². The summed E-state index contributed by atoms with van der Waals surface area (Å²) in [5, 5.41) is 0. The van der Waals surface area contributed by atoms with Gasteiger partial charge in [0.05, 0.1) is 6.33 Å². The summed E-state index contributed by atoms with van der Waals surface area (Å²) in [5.74, 6) is 0. The molecule has 3 nitrogen and oxygen atoms in total. The van der Waals surface area contributed by atoms with Gasteiger partial charge in [0, 0.05) is 24.4 Å². The number of hydrogen-bond acceptors (Lipinski definition) is 2. The second kappa shape index (κ2) is 5.81. The fourth-order valence-corrected chi connectivity index (χ4v) is 1.92. The molecule has 0 spiro atoms. The number of rotatable bonds is 6.